The number of amides is 4. The molecule has 1 unspecified atom stereocenters. The molecule has 0 radical (unpaired) electrons. The van der Waals surface area contributed by atoms with Gasteiger partial charge in [-0.05, 0) is 79.8 Å². The lowest BCUT2D eigenvalue weighted by atomic mass is 9.80. The lowest BCUT2D eigenvalue weighted by Gasteiger charge is -2.36. The van der Waals surface area contributed by atoms with Crippen molar-refractivity contribution in [2.75, 3.05) is 25.1 Å². The number of fused-ring (bicyclic) bond motifs is 2. The molecule has 1 aromatic heterocycles. The highest BCUT2D eigenvalue weighted by molar-refractivity contribution is 6.23. The SMILES string of the molecule is N=C/C(=C\NC1CC(CNc2ccc3c(c2)C(=O)N(C2CCC(=O)NC2=O)C3=O)C1)c1cnc2ccc(C3CCOCC3)cc2n1. The molecule has 1 aliphatic carbocycles. The van der Waals surface area contributed by atoms with Crippen LogP contribution < -0.4 is 16.0 Å². The monoisotopic (exact) mass is 621 g/mol. The summed E-state index contributed by atoms with van der Waals surface area (Å²) in [5, 5.41) is 17.0. The number of aromatic nitrogens is 2. The van der Waals surface area contributed by atoms with Gasteiger partial charge in [-0.15, -0.1) is 0 Å². The third kappa shape index (κ3) is 5.76. The molecule has 2 aromatic carbocycles. The van der Waals surface area contributed by atoms with E-state index in [-0.39, 0.29) is 30.0 Å². The van der Waals surface area contributed by atoms with Gasteiger partial charge in [-0.25, -0.2) is 4.98 Å². The van der Waals surface area contributed by atoms with Crippen LogP contribution in [0.25, 0.3) is 16.6 Å². The van der Waals surface area contributed by atoms with Gasteiger partial charge in [0.1, 0.15) is 6.04 Å². The minimum absolute atomic E-state index is 0.0851. The van der Waals surface area contributed by atoms with Gasteiger partial charge in [0.2, 0.25) is 11.8 Å². The number of carbonyl (C=O) groups is 4. The average molecular weight is 622 g/mol. The van der Waals surface area contributed by atoms with Crippen LogP contribution in [0.2, 0.25) is 0 Å². The summed E-state index contributed by atoms with van der Waals surface area (Å²) in [7, 11) is 0. The highest BCUT2D eigenvalue weighted by Gasteiger charge is 2.44. The Morgan fingerprint density at radius 2 is 1.80 bits per heavy atom. The van der Waals surface area contributed by atoms with E-state index in [0.717, 1.165) is 60.5 Å². The summed E-state index contributed by atoms with van der Waals surface area (Å²) in [5.41, 5.74) is 5.47. The molecule has 4 aliphatic rings. The predicted octanol–water partition coefficient (Wildman–Crippen LogP) is 3.40. The third-order valence-corrected chi connectivity index (χ3v) is 9.46. The first-order valence-electron chi connectivity index (χ1n) is 15.8. The number of benzene rings is 2. The molecule has 1 atom stereocenters. The van der Waals surface area contributed by atoms with Crippen molar-refractivity contribution in [2.45, 2.75) is 56.5 Å². The van der Waals surface area contributed by atoms with Crippen molar-refractivity contribution < 1.29 is 23.9 Å². The standard InChI is InChI=1S/C34H35N7O5/c35-15-22(29-18-38-27-4-1-21(13-28(27)39-29)20-7-9-46-10-8-20)17-37-24-11-19(12-24)16-36-23-2-3-25-26(14-23)34(45)41(33(25)44)30-5-6-31(42)40-32(30)43/h1-4,13-15,17-20,24,30,35-37H,5-12,16H2,(H,40,42,43)/b22-17+,35-15?. The maximum atomic E-state index is 13.1. The Morgan fingerprint density at radius 1 is 1.00 bits per heavy atom. The second-order valence-corrected chi connectivity index (χ2v) is 12.4. The zero-order valence-electron chi connectivity index (χ0n) is 25.3. The van der Waals surface area contributed by atoms with Gasteiger partial charge < -0.3 is 20.8 Å². The summed E-state index contributed by atoms with van der Waals surface area (Å²) in [5.74, 6) is -1.18. The molecule has 4 N–H and O–H groups in total. The molecule has 1 saturated carbocycles. The normalized spacial score (nSPS) is 23.6. The zero-order valence-corrected chi connectivity index (χ0v) is 25.3. The Balaban J connectivity index is 0.930. The van der Waals surface area contributed by atoms with Crippen LogP contribution >= 0.6 is 0 Å². The van der Waals surface area contributed by atoms with Crippen LogP contribution in [0.1, 0.15) is 76.4 Å². The van der Waals surface area contributed by atoms with Crippen molar-refractivity contribution in [3.63, 3.8) is 0 Å². The number of hydrogen-bond donors (Lipinski definition) is 4. The second-order valence-electron chi connectivity index (χ2n) is 12.4. The quantitative estimate of drug-likeness (QED) is 0.207. The van der Waals surface area contributed by atoms with Crippen molar-refractivity contribution in [3.8, 4) is 0 Å². The van der Waals surface area contributed by atoms with Gasteiger partial charge in [-0.3, -0.25) is 34.4 Å². The van der Waals surface area contributed by atoms with Crippen LogP contribution in [0.3, 0.4) is 0 Å². The third-order valence-electron chi connectivity index (χ3n) is 9.46. The first-order valence-corrected chi connectivity index (χ1v) is 15.8. The fourth-order valence-corrected chi connectivity index (χ4v) is 6.73. The van der Waals surface area contributed by atoms with E-state index in [4.69, 9.17) is 15.1 Å². The van der Waals surface area contributed by atoms with E-state index < -0.39 is 29.7 Å². The smallest absolute Gasteiger partial charge is 0.262 e. The Morgan fingerprint density at radius 3 is 2.59 bits per heavy atom. The summed E-state index contributed by atoms with van der Waals surface area (Å²) in [6, 6.07) is 10.6. The highest BCUT2D eigenvalue weighted by Crippen LogP contribution is 2.32. The van der Waals surface area contributed by atoms with Crippen LogP contribution in [0.4, 0.5) is 5.69 Å². The van der Waals surface area contributed by atoms with Crippen LogP contribution in [0, 0.1) is 11.3 Å². The molecule has 2 saturated heterocycles. The van der Waals surface area contributed by atoms with Gasteiger partial charge in [0.25, 0.3) is 11.8 Å². The average Bonchev–Trinajstić information content (AvgIpc) is 3.30. The molecular weight excluding hydrogens is 586 g/mol. The number of carbonyl (C=O) groups excluding carboxylic acids is 4. The van der Waals surface area contributed by atoms with E-state index in [2.05, 4.69) is 33.1 Å². The molecule has 0 spiro atoms. The first-order chi connectivity index (χ1) is 22.4. The second kappa shape index (κ2) is 12.4. The van der Waals surface area contributed by atoms with E-state index in [1.807, 2.05) is 12.3 Å². The maximum absolute atomic E-state index is 13.1. The van der Waals surface area contributed by atoms with Crippen molar-refractivity contribution in [1.82, 2.24) is 25.5 Å². The molecule has 3 aliphatic heterocycles. The minimum atomic E-state index is -0.980. The first kappa shape index (κ1) is 29.7. The van der Waals surface area contributed by atoms with Crippen LogP contribution in [-0.4, -0.2) is 76.6 Å². The van der Waals surface area contributed by atoms with E-state index in [1.165, 1.54) is 11.8 Å². The van der Waals surface area contributed by atoms with Gasteiger partial charge >= 0.3 is 0 Å². The van der Waals surface area contributed by atoms with E-state index in [9.17, 15) is 19.2 Å². The van der Waals surface area contributed by atoms with Gasteiger partial charge in [0.15, 0.2) is 0 Å². The molecule has 4 heterocycles. The number of piperidine rings is 1. The van der Waals surface area contributed by atoms with E-state index >= 15 is 0 Å². The van der Waals surface area contributed by atoms with Crippen LogP contribution in [0.5, 0.6) is 0 Å². The van der Waals surface area contributed by atoms with Gasteiger partial charge in [0.05, 0.1) is 34.1 Å². The number of nitrogens with zero attached hydrogens (tertiary/aromatic N) is 3. The van der Waals surface area contributed by atoms with E-state index in [1.54, 1.807) is 24.4 Å². The molecular formula is C34H35N7O5. The molecule has 0 bridgehead atoms. The predicted molar refractivity (Wildman–Crippen MR) is 170 cm³/mol. The van der Waals surface area contributed by atoms with Crippen LogP contribution in [-0.2, 0) is 14.3 Å². The zero-order chi connectivity index (χ0) is 31.8. The van der Waals surface area contributed by atoms with Gasteiger partial charge in [0, 0.05) is 55.9 Å². The molecule has 46 heavy (non-hydrogen) atoms. The number of ether oxygens (including phenoxy) is 1. The van der Waals surface area contributed by atoms with Crippen molar-refractivity contribution in [2.24, 2.45) is 5.92 Å². The maximum Gasteiger partial charge on any atom is 0.262 e. The molecule has 12 nitrogen and oxygen atoms in total. The largest absolute Gasteiger partial charge is 0.388 e. The number of anilines is 1. The number of rotatable bonds is 9. The molecule has 3 aromatic rings. The van der Waals surface area contributed by atoms with Crippen molar-refractivity contribution >= 4 is 52.1 Å². The van der Waals surface area contributed by atoms with E-state index in [0.29, 0.717) is 29.6 Å². The molecule has 7 rings (SSSR count). The van der Waals surface area contributed by atoms with Crippen LogP contribution in [0.15, 0.2) is 48.8 Å². The Kier molecular flexibility index (Phi) is 8.03. The highest BCUT2D eigenvalue weighted by atomic mass is 16.5. The summed E-state index contributed by atoms with van der Waals surface area (Å²) in [6.45, 7) is 2.26. The molecule has 3 fully saturated rings. The van der Waals surface area contributed by atoms with Crippen molar-refractivity contribution in [3.05, 3.63) is 71.2 Å². The number of allylic oxidation sites excluding steroid dienone is 1. The summed E-state index contributed by atoms with van der Waals surface area (Å²) >= 11 is 0. The topological polar surface area (TPSA) is 166 Å². The Labute approximate surface area is 265 Å². The number of nitrogens with one attached hydrogen (secondary N) is 4. The fraction of sp³-hybridized carbons (Fsp3) is 0.382. The molecule has 12 heteroatoms. The Hall–Kier alpha value is -4.97. The van der Waals surface area contributed by atoms with Crippen molar-refractivity contribution in [1.29, 1.82) is 5.41 Å². The lowest BCUT2D eigenvalue weighted by molar-refractivity contribution is -0.136. The summed E-state index contributed by atoms with van der Waals surface area (Å²) in [4.78, 5) is 60.3. The van der Waals surface area contributed by atoms with Gasteiger partial charge in [-0.2, -0.15) is 0 Å². The minimum Gasteiger partial charge on any atom is -0.388 e. The number of imide groups is 2. The molecule has 236 valence electrons. The fourth-order valence-electron chi connectivity index (χ4n) is 6.73. The summed E-state index contributed by atoms with van der Waals surface area (Å²) in [6.07, 6.45) is 8.93. The molecule has 4 amide bonds. The number of hydrogen-bond acceptors (Lipinski definition) is 10. The lowest BCUT2D eigenvalue weighted by Crippen LogP contribution is -2.54. The van der Waals surface area contributed by atoms with Gasteiger partial charge in [-0.1, -0.05) is 6.07 Å². The summed E-state index contributed by atoms with van der Waals surface area (Å²) < 4.78 is 5.51. The Bertz CT molecular complexity index is 1780.